The Morgan fingerprint density at radius 2 is 1.81 bits per heavy atom. The summed E-state index contributed by atoms with van der Waals surface area (Å²) in [5.41, 5.74) is -0.236. The van der Waals surface area contributed by atoms with Crippen molar-refractivity contribution < 1.29 is 13.2 Å². The van der Waals surface area contributed by atoms with E-state index in [1.807, 2.05) is 0 Å². The minimum absolute atomic E-state index is 0.126. The quantitative estimate of drug-likeness (QED) is 0.750. The first-order chi connectivity index (χ1) is 9.78. The number of sulfone groups is 1. The Morgan fingerprint density at radius 1 is 1.14 bits per heavy atom. The van der Waals surface area contributed by atoms with E-state index in [1.165, 1.54) is 19.3 Å². The summed E-state index contributed by atoms with van der Waals surface area (Å²) in [6.45, 7) is 0. The molecule has 4 saturated carbocycles. The van der Waals surface area contributed by atoms with E-state index < -0.39 is 9.84 Å². The van der Waals surface area contributed by atoms with E-state index in [0.717, 1.165) is 19.3 Å². The van der Waals surface area contributed by atoms with Crippen molar-refractivity contribution in [2.45, 2.75) is 55.3 Å². The number of hydrogen-bond donors (Lipinski definition) is 1. The lowest BCUT2D eigenvalue weighted by Crippen LogP contribution is -2.59. The van der Waals surface area contributed by atoms with Crippen molar-refractivity contribution >= 4 is 31.7 Å². The average Bonchev–Trinajstić information content (AvgIpc) is 2.65. The third-order valence-corrected chi connectivity index (χ3v) is 8.73. The fourth-order valence-electron chi connectivity index (χ4n) is 5.66. The first-order valence-electron chi connectivity index (χ1n) is 7.98. The fourth-order valence-corrected chi connectivity index (χ4v) is 8.79. The number of amides is 1. The number of nitrogens with one attached hydrogen (secondary N) is 1. The number of carbonyl (C=O) groups excluding carboxylic acids is 1. The summed E-state index contributed by atoms with van der Waals surface area (Å²) in [6.07, 6.45) is 7.20. The molecule has 4 bridgehead atoms. The molecule has 0 spiro atoms. The molecule has 3 unspecified atom stereocenters. The molecule has 1 saturated heterocycles. The van der Waals surface area contributed by atoms with Crippen LogP contribution in [-0.2, 0) is 14.6 Å². The molecule has 1 aliphatic heterocycles. The standard InChI is InChI=1S/C15H22BrNO3S/c16-15-6-10-3-11(7-15)5-14(4-10,9-15)13(18)17-12-1-2-21(19,20)8-12/h10-12H,1-9H2,(H,17,18). The molecule has 0 aromatic carbocycles. The van der Waals surface area contributed by atoms with E-state index in [0.29, 0.717) is 18.3 Å². The van der Waals surface area contributed by atoms with Crippen molar-refractivity contribution in [1.82, 2.24) is 5.32 Å². The fraction of sp³-hybridized carbons (Fsp3) is 0.933. The molecular weight excluding hydrogens is 354 g/mol. The zero-order chi connectivity index (χ0) is 14.9. The predicted molar refractivity (Wildman–Crippen MR) is 84.0 cm³/mol. The SMILES string of the molecule is O=C(NC1CCS(=O)(=O)C1)C12CC3CC(CC(Br)(C3)C1)C2. The highest BCUT2D eigenvalue weighted by Gasteiger charge is 2.60. The summed E-state index contributed by atoms with van der Waals surface area (Å²) in [6, 6.07) is -0.165. The molecule has 21 heavy (non-hydrogen) atoms. The predicted octanol–water partition coefficient (Wildman–Crippen LogP) is 2.02. The van der Waals surface area contributed by atoms with Gasteiger partial charge in [0.1, 0.15) is 0 Å². The third-order valence-electron chi connectivity index (χ3n) is 6.04. The van der Waals surface area contributed by atoms with Crippen molar-refractivity contribution in [2.75, 3.05) is 11.5 Å². The number of hydrogen-bond acceptors (Lipinski definition) is 3. The van der Waals surface area contributed by atoms with Gasteiger partial charge in [-0.15, -0.1) is 0 Å². The van der Waals surface area contributed by atoms with E-state index >= 15 is 0 Å². The van der Waals surface area contributed by atoms with Crippen LogP contribution in [0.1, 0.15) is 44.9 Å². The lowest BCUT2D eigenvalue weighted by atomic mass is 9.49. The van der Waals surface area contributed by atoms with Gasteiger partial charge in [-0.1, -0.05) is 15.9 Å². The van der Waals surface area contributed by atoms with Crippen molar-refractivity contribution in [2.24, 2.45) is 17.3 Å². The molecule has 6 heteroatoms. The maximum absolute atomic E-state index is 12.9. The zero-order valence-corrected chi connectivity index (χ0v) is 14.5. The first kappa shape index (κ1) is 14.5. The van der Waals surface area contributed by atoms with E-state index in [9.17, 15) is 13.2 Å². The largest absolute Gasteiger partial charge is 0.352 e. The van der Waals surface area contributed by atoms with Crippen molar-refractivity contribution in [3.8, 4) is 0 Å². The molecule has 0 radical (unpaired) electrons. The van der Waals surface area contributed by atoms with Gasteiger partial charge in [0.25, 0.3) is 0 Å². The van der Waals surface area contributed by atoms with E-state index in [2.05, 4.69) is 21.2 Å². The smallest absolute Gasteiger partial charge is 0.226 e. The molecular formula is C15H22BrNO3S. The van der Waals surface area contributed by atoms with Crippen LogP contribution in [0.5, 0.6) is 0 Å². The van der Waals surface area contributed by atoms with Crippen molar-refractivity contribution in [3.63, 3.8) is 0 Å². The molecule has 4 aliphatic carbocycles. The molecule has 4 nitrogen and oxygen atoms in total. The minimum Gasteiger partial charge on any atom is -0.352 e. The van der Waals surface area contributed by atoms with Gasteiger partial charge in [-0.25, -0.2) is 8.42 Å². The van der Waals surface area contributed by atoms with Crippen LogP contribution in [0.15, 0.2) is 0 Å². The zero-order valence-electron chi connectivity index (χ0n) is 12.1. The Kier molecular flexibility index (Phi) is 3.08. The van der Waals surface area contributed by atoms with Crippen LogP contribution >= 0.6 is 15.9 Å². The van der Waals surface area contributed by atoms with Gasteiger partial charge >= 0.3 is 0 Å². The number of halogens is 1. The lowest BCUT2D eigenvalue weighted by Gasteiger charge is -2.59. The molecule has 0 aromatic heterocycles. The third kappa shape index (κ3) is 2.46. The molecule has 1 N–H and O–H groups in total. The topological polar surface area (TPSA) is 63.2 Å². The number of alkyl halides is 1. The molecule has 1 amide bonds. The van der Waals surface area contributed by atoms with Crippen LogP contribution in [-0.4, -0.2) is 36.2 Å². The lowest BCUT2D eigenvalue weighted by molar-refractivity contribution is -0.144. The number of carbonyl (C=O) groups is 1. The van der Waals surface area contributed by atoms with Gasteiger partial charge in [0, 0.05) is 10.4 Å². The van der Waals surface area contributed by atoms with E-state index in [4.69, 9.17) is 0 Å². The number of rotatable bonds is 2. The second-order valence-corrected chi connectivity index (χ2v) is 11.9. The monoisotopic (exact) mass is 375 g/mol. The van der Waals surface area contributed by atoms with Crippen LogP contribution in [0.3, 0.4) is 0 Å². The van der Waals surface area contributed by atoms with Gasteiger partial charge in [0.15, 0.2) is 9.84 Å². The Bertz CT molecular complexity index is 574. The van der Waals surface area contributed by atoms with Crippen molar-refractivity contribution in [1.29, 1.82) is 0 Å². The molecule has 1 heterocycles. The summed E-state index contributed by atoms with van der Waals surface area (Å²) in [5.74, 6) is 1.81. The molecule has 5 aliphatic rings. The van der Waals surface area contributed by atoms with Gasteiger partial charge in [0.2, 0.25) is 5.91 Å². The van der Waals surface area contributed by atoms with E-state index in [-0.39, 0.29) is 33.2 Å². The highest BCUT2D eigenvalue weighted by Crippen LogP contribution is 2.64. The van der Waals surface area contributed by atoms with Gasteiger partial charge < -0.3 is 5.32 Å². The first-order valence-corrected chi connectivity index (χ1v) is 10.6. The van der Waals surface area contributed by atoms with Crippen LogP contribution < -0.4 is 5.32 Å². The molecule has 3 atom stereocenters. The summed E-state index contributed by atoms with van der Waals surface area (Å²) in [5, 5.41) is 3.07. The van der Waals surface area contributed by atoms with Crippen LogP contribution in [0.2, 0.25) is 0 Å². The van der Waals surface area contributed by atoms with Gasteiger partial charge in [0.05, 0.1) is 16.9 Å². The Balaban J connectivity index is 1.52. The Morgan fingerprint density at radius 3 is 2.33 bits per heavy atom. The minimum atomic E-state index is -2.93. The van der Waals surface area contributed by atoms with Crippen LogP contribution in [0.4, 0.5) is 0 Å². The Labute approximate surface area is 134 Å². The molecule has 5 fully saturated rings. The summed E-state index contributed by atoms with van der Waals surface area (Å²) in [7, 11) is -2.93. The van der Waals surface area contributed by atoms with Gasteiger partial charge in [-0.2, -0.15) is 0 Å². The second-order valence-electron chi connectivity index (χ2n) is 7.97. The van der Waals surface area contributed by atoms with Gasteiger partial charge in [-0.05, 0) is 56.8 Å². The van der Waals surface area contributed by atoms with Crippen LogP contribution in [0.25, 0.3) is 0 Å². The van der Waals surface area contributed by atoms with E-state index in [1.54, 1.807) is 0 Å². The van der Waals surface area contributed by atoms with Crippen LogP contribution in [0, 0.1) is 17.3 Å². The summed E-state index contributed by atoms with van der Waals surface area (Å²) >= 11 is 3.92. The summed E-state index contributed by atoms with van der Waals surface area (Å²) < 4.78 is 23.3. The van der Waals surface area contributed by atoms with Crippen molar-refractivity contribution in [3.05, 3.63) is 0 Å². The van der Waals surface area contributed by atoms with Gasteiger partial charge in [-0.3, -0.25) is 4.79 Å². The highest BCUT2D eigenvalue weighted by molar-refractivity contribution is 9.10. The average molecular weight is 376 g/mol. The second kappa shape index (κ2) is 4.47. The molecule has 118 valence electrons. The normalized spacial score (nSPS) is 50.2. The maximum atomic E-state index is 12.9. The molecule has 5 rings (SSSR count). The summed E-state index contributed by atoms with van der Waals surface area (Å²) in [4.78, 5) is 12.9. The Hall–Kier alpha value is -0.100. The molecule has 0 aromatic rings. The maximum Gasteiger partial charge on any atom is 0.226 e. The highest BCUT2D eigenvalue weighted by atomic mass is 79.9.